The molecule has 0 amide bonds. The molecular weight excluding hydrogens is 212 g/mol. The number of anilines is 1. The van der Waals surface area contributed by atoms with E-state index in [1.807, 2.05) is 24.3 Å². The van der Waals surface area contributed by atoms with E-state index < -0.39 is 0 Å². The van der Waals surface area contributed by atoms with Crippen LogP contribution in [0.4, 0.5) is 5.82 Å². The second-order valence-electron chi connectivity index (χ2n) is 3.61. The highest BCUT2D eigenvalue weighted by atomic mass is 14.9. The number of rotatable bonds is 1. The van der Waals surface area contributed by atoms with Crippen LogP contribution in [0.2, 0.25) is 0 Å². The van der Waals surface area contributed by atoms with Crippen LogP contribution in [0.5, 0.6) is 0 Å². The van der Waals surface area contributed by atoms with Crippen molar-refractivity contribution in [2.45, 2.75) is 0 Å². The minimum Gasteiger partial charge on any atom is -0.383 e. The second kappa shape index (κ2) is 3.83. The number of nitrogens with zero attached hydrogens (tertiary/aromatic N) is 3. The Kier molecular flexibility index (Phi) is 2.19. The predicted molar refractivity (Wildman–Crippen MR) is 66.0 cm³/mol. The van der Waals surface area contributed by atoms with Gasteiger partial charge in [0.15, 0.2) is 5.82 Å². The normalized spacial score (nSPS) is 10.6. The lowest BCUT2D eigenvalue weighted by Crippen LogP contribution is -1.96. The maximum Gasteiger partial charge on any atom is 0.178 e. The molecule has 0 bridgehead atoms. The van der Waals surface area contributed by atoms with Gasteiger partial charge in [-0.2, -0.15) is 0 Å². The molecule has 4 heteroatoms. The minimum atomic E-state index is 0.485. The third-order valence-corrected chi connectivity index (χ3v) is 2.50. The number of benzene rings is 1. The third kappa shape index (κ3) is 1.69. The molecule has 0 aliphatic rings. The van der Waals surface area contributed by atoms with E-state index in [1.54, 1.807) is 18.5 Å². The number of hydrogen-bond donors (Lipinski definition) is 1. The first-order valence-electron chi connectivity index (χ1n) is 5.18. The maximum absolute atomic E-state index is 5.91. The van der Waals surface area contributed by atoms with Gasteiger partial charge in [-0.3, -0.25) is 0 Å². The van der Waals surface area contributed by atoms with Gasteiger partial charge in [0.05, 0.1) is 0 Å². The number of hydrogen-bond acceptors (Lipinski definition) is 4. The van der Waals surface area contributed by atoms with Crippen molar-refractivity contribution in [3.63, 3.8) is 0 Å². The molecule has 2 N–H and O–H groups in total. The summed E-state index contributed by atoms with van der Waals surface area (Å²) in [5.74, 6) is 1.06. The van der Waals surface area contributed by atoms with Gasteiger partial charge in [0, 0.05) is 17.8 Å². The van der Waals surface area contributed by atoms with Gasteiger partial charge in [0.2, 0.25) is 0 Å². The fraction of sp³-hybridized carbons (Fsp3) is 0. The van der Waals surface area contributed by atoms with Gasteiger partial charge < -0.3 is 5.73 Å². The Balaban J connectivity index is 2.26. The molecule has 2 aromatic heterocycles. The molecule has 0 saturated heterocycles. The Morgan fingerprint density at radius 3 is 2.82 bits per heavy atom. The number of fused-ring (bicyclic) bond motifs is 1. The van der Waals surface area contributed by atoms with Gasteiger partial charge in [0.1, 0.15) is 11.5 Å². The van der Waals surface area contributed by atoms with Gasteiger partial charge >= 0.3 is 0 Å². The number of pyridine rings is 1. The van der Waals surface area contributed by atoms with Crippen LogP contribution in [-0.2, 0) is 0 Å². The van der Waals surface area contributed by atoms with Crippen LogP contribution in [0.3, 0.4) is 0 Å². The molecule has 0 unspecified atom stereocenters. The Hall–Kier alpha value is -2.49. The Bertz CT molecular complexity index is 665. The van der Waals surface area contributed by atoms with Gasteiger partial charge in [-0.15, -0.1) is 0 Å². The average molecular weight is 221 g/mol. The number of nitrogens with two attached hydrogens (primary N) is 1. The van der Waals surface area contributed by atoms with Crippen molar-refractivity contribution in [2.75, 3.05) is 5.73 Å². The average Bonchev–Trinajstić information content (AvgIpc) is 2.40. The van der Waals surface area contributed by atoms with E-state index in [0.29, 0.717) is 17.3 Å². The molecule has 1 radical (unpaired) electrons. The number of nitrogen functional groups attached to an aromatic ring is 1. The highest BCUT2D eigenvalue weighted by Crippen LogP contribution is 2.23. The largest absolute Gasteiger partial charge is 0.383 e. The highest BCUT2D eigenvalue weighted by Gasteiger charge is 2.06. The van der Waals surface area contributed by atoms with Crippen molar-refractivity contribution < 1.29 is 0 Å². The first-order valence-corrected chi connectivity index (χ1v) is 5.18. The van der Waals surface area contributed by atoms with Crippen LogP contribution in [0.15, 0.2) is 42.7 Å². The quantitative estimate of drug-likeness (QED) is 0.683. The van der Waals surface area contributed by atoms with Crippen molar-refractivity contribution >= 4 is 16.6 Å². The Labute approximate surface area is 98.2 Å². The summed E-state index contributed by atoms with van der Waals surface area (Å²) in [5, 5.41) is 1.91. The summed E-state index contributed by atoms with van der Waals surface area (Å²) in [6.45, 7) is 0. The molecule has 2 heterocycles. The molecule has 0 aliphatic heterocycles. The SMILES string of the molecule is Nc1nc(-c2ncccn2)cc2c[c]ccc12. The van der Waals surface area contributed by atoms with Crippen molar-refractivity contribution in [1.29, 1.82) is 0 Å². The van der Waals surface area contributed by atoms with E-state index >= 15 is 0 Å². The standard InChI is InChI=1S/C13H9N4/c14-12-10-5-2-1-4-9(10)8-11(17-12)13-15-6-3-7-16-13/h2-8H,(H2,14,17). The molecule has 17 heavy (non-hydrogen) atoms. The van der Waals surface area contributed by atoms with Gasteiger partial charge in [-0.25, -0.2) is 15.0 Å². The Morgan fingerprint density at radius 2 is 2.00 bits per heavy atom. The molecule has 0 atom stereocenters. The van der Waals surface area contributed by atoms with Crippen molar-refractivity contribution in [3.05, 3.63) is 48.8 Å². The van der Waals surface area contributed by atoms with Crippen LogP contribution in [0, 0.1) is 6.07 Å². The van der Waals surface area contributed by atoms with Crippen molar-refractivity contribution in [1.82, 2.24) is 15.0 Å². The topological polar surface area (TPSA) is 64.7 Å². The molecule has 81 valence electrons. The smallest absolute Gasteiger partial charge is 0.178 e. The van der Waals surface area contributed by atoms with Crippen LogP contribution in [0.25, 0.3) is 22.3 Å². The zero-order valence-corrected chi connectivity index (χ0v) is 8.96. The zero-order valence-electron chi connectivity index (χ0n) is 8.96. The molecule has 0 spiro atoms. The van der Waals surface area contributed by atoms with E-state index in [2.05, 4.69) is 21.0 Å². The van der Waals surface area contributed by atoms with Crippen molar-refractivity contribution in [3.8, 4) is 11.5 Å². The molecule has 3 rings (SSSR count). The maximum atomic E-state index is 5.91. The summed E-state index contributed by atoms with van der Waals surface area (Å²) in [6, 6.07) is 12.3. The van der Waals surface area contributed by atoms with Crippen LogP contribution < -0.4 is 5.73 Å². The fourth-order valence-corrected chi connectivity index (χ4v) is 1.71. The summed E-state index contributed by atoms with van der Waals surface area (Å²) in [6.07, 6.45) is 3.36. The molecule has 0 fully saturated rings. The van der Waals surface area contributed by atoms with E-state index in [4.69, 9.17) is 5.73 Å². The molecule has 3 aromatic rings. The van der Waals surface area contributed by atoms with E-state index in [-0.39, 0.29) is 0 Å². The summed E-state index contributed by atoms with van der Waals surface area (Å²) in [7, 11) is 0. The lowest BCUT2D eigenvalue weighted by atomic mass is 10.1. The summed E-state index contributed by atoms with van der Waals surface area (Å²) in [4.78, 5) is 12.6. The predicted octanol–water partition coefficient (Wildman–Crippen LogP) is 2.07. The lowest BCUT2D eigenvalue weighted by molar-refractivity contribution is 1.15. The van der Waals surface area contributed by atoms with Gasteiger partial charge in [-0.05, 0) is 29.7 Å². The summed E-state index contributed by atoms with van der Waals surface area (Å²) >= 11 is 0. The first kappa shape index (κ1) is 9.72. The molecule has 0 aliphatic carbocycles. The lowest BCUT2D eigenvalue weighted by Gasteiger charge is -2.04. The van der Waals surface area contributed by atoms with Crippen LogP contribution >= 0.6 is 0 Å². The Morgan fingerprint density at radius 1 is 1.18 bits per heavy atom. The second-order valence-corrected chi connectivity index (χ2v) is 3.61. The van der Waals surface area contributed by atoms with Crippen LogP contribution in [0.1, 0.15) is 0 Å². The number of aromatic nitrogens is 3. The highest BCUT2D eigenvalue weighted by molar-refractivity contribution is 5.92. The van der Waals surface area contributed by atoms with Crippen molar-refractivity contribution in [2.24, 2.45) is 0 Å². The first-order chi connectivity index (χ1) is 8.34. The van der Waals surface area contributed by atoms with Gasteiger partial charge in [0.25, 0.3) is 0 Å². The summed E-state index contributed by atoms with van der Waals surface area (Å²) in [5.41, 5.74) is 6.59. The molecule has 4 nitrogen and oxygen atoms in total. The molecule has 1 aromatic carbocycles. The molecule has 0 saturated carbocycles. The fourth-order valence-electron chi connectivity index (χ4n) is 1.71. The monoisotopic (exact) mass is 221 g/mol. The molecular formula is C13H9N4. The zero-order chi connectivity index (χ0) is 11.7. The third-order valence-electron chi connectivity index (χ3n) is 2.50. The van der Waals surface area contributed by atoms with E-state index in [9.17, 15) is 0 Å². The minimum absolute atomic E-state index is 0.485. The van der Waals surface area contributed by atoms with E-state index in [1.165, 1.54) is 0 Å². The van der Waals surface area contributed by atoms with Crippen LogP contribution in [-0.4, -0.2) is 15.0 Å². The van der Waals surface area contributed by atoms with Gasteiger partial charge in [-0.1, -0.05) is 12.1 Å². The summed E-state index contributed by atoms with van der Waals surface area (Å²) < 4.78 is 0. The van der Waals surface area contributed by atoms with E-state index in [0.717, 1.165) is 10.8 Å².